The van der Waals surface area contributed by atoms with Gasteiger partial charge in [-0.05, 0) is 12.8 Å². The number of hydrogen-bond acceptors (Lipinski definition) is 4. The molecule has 3 atom stereocenters. The van der Waals surface area contributed by atoms with Crippen LogP contribution in [0.5, 0.6) is 0 Å². The molecule has 1 unspecified atom stereocenters. The molecule has 2 fully saturated rings. The van der Waals surface area contributed by atoms with Crippen molar-refractivity contribution >= 4 is 8.53 Å². The molecule has 2 heterocycles. The van der Waals surface area contributed by atoms with Crippen molar-refractivity contribution in [3.8, 4) is 0 Å². The lowest BCUT2D eigenvalue weighted by Gasteiger charge is -2.30. The standard InChI is InChI=1S/C10H21N2O2P/c1-3-9-7-13-15-12(6-5-11-9)10(4-2)8-14-15/h9-11H,3-8H2,1-2H3/t9-,10-,15?/m0/s1. The van der Waals surface area contributed by atoms with Crippen LogP contribution in [0.3, 0.4) is 0 Å². The largest absolute Gasteiger partial charge is 0.320 e. The van der Waals surface area contributed by atoms with Crippen molar-refractivity contribution in [2.24, 2.45) is 0 Å². The summed E-state index contributed by atoms with van der Waals surface area (Å²) < 4.78 is 14.0. The van der Waals surface area contributed by atoms with Crippen molar-refractivity contribution in [2.75, 3.05) is 26.3 Å². The molecule has 0 aromatic heterocycles. The summed E-state index contributed by atoms with van der Waals surface area (Å²) in [4.78, 5) is 0. The van der Waals surface area contributed by atoms with Crippen LogP contribution in [0, 0.1) is 0 Å². The van der Waals surface area contributed by atoms with Gasteiger partial charge in [0.25, 0.3) is 8.53 Å². The minimum absolute atomic E-state index is 0.499. The minimum Gasteiger partial charge on any atom is -0.320 e. The summed E-state index contributed by atoms with van der Waals surface area (Å²) in [5, 5.41) is 3.52. The highest BCUT2D eigenvalue weighted by Gasteiger charge is 2.36. The summed E-state index contributed by atoms with van der Waals surface area (Å²) in [5.41, 5.74) is 0. The average Bonchev–Trinajstić information content (AvgIpc) is 2.60. The lowest BCUT2D eigenvalue weighted by Crippen LogP contribution is -2.42. The fourth-order valence-corrected chi connectivity index (χ4v) is 3.74. The summed E-state index contributed by atoms with van der Waals surface area (Å²) in [5.74, 6) is 0. The molecule has 0 amide bonds. The van der Waals surface area contributed by atoms with Crippen LogP contribution >= 0.6 is 8.53 Å². The molecule has 2 aliphatic heterocycles. The Morgan fingerprint density at radius 2 is 2.07 bits per heavy atom. The molecule has 15 heavy (non-hydrogen) atoms. The lowest BCUT2D eigenvalue weighted by atomic mass is 10.2. The van der Waals surface area contributed by atoms with E-state index >= 15 is 0 Å². The van der Waals surface area contributed by atoms with Crippen molar-refractivity contribution in [1.82, 2.24) is 9.99 Å². The molecule has 0 saturated carbocycles. The van der Waals surface area contributed by atoms with Gasteiger partial charge < -0.3 is 14.4 Å². The highest BCUT2D eigenvalue weighted by molar-refractivity contribution is 7.44. The first kappa shape index (κ1) is 11.7. The van der Waals surface area contributed by atoms with Gasteiger partial charge in [-0.1, -0.05) is 13.8 Å². The van der Waals surface area contributed by atoms with Gasteiger partial charge in [-0.3, -0.25) is 0 Å². The van der Waals surface area contributed by atoms with E-state index in [0.29, 0.717) is 12.1 Å². The van der Waals surface area contributed by atoms with Crippen LogP contribution in [0.4, 0.5) is 0 Å². The Morgan fingerprint density at radius 1 is 1.27 bits per heavy atom. The molecule has 0 radical (unpaired) electrons. The third-order valence-electron chi connectivity index (χ3n) is 3.13. The Hall–Kier alpha value is 0.270. The average molecular weight is 232 g/mol. The third kappa shape index (κ3) is 2.69. The Balaban J connectivity index is 1.92. The molecule has 4 nitrogen and oxygen atoms in total. The van der Waals surface area contributed by atoms with Crippen molar-refractivity contribution in [3.05, 3.63) is 0 Å². The molecule has 1 N–H and O–H groups in total. The number of fused-ring (bicyclic) bond motifs is 1. The zero-order valence-electron chi connectivity index (χ0n) is 9.61. The Labute approximate surface area is 93.3 Å². The molecule has 0 aromatic rings. The van der Waals surface area contributed by atoms with Crippen LogP contribution in [0.25, 0.3) is 0 Å². The van der Waals surface area contributed by atoms with Crippen LogP contribution in [0.1, 0.15) is 26.7 Å². The van der Waals surface area contributed by atoms with Gasteiger partial charge in [0.05, 0.1) is 13.2 Å². The summed E-state index contributed by atoms with van der Waals surface area (Å²) >= 11 is 0. The molecule has 0 bridgehead atoms. The van der Waals surface area contributed by atoms with Gasteiger partial charge in [0, 0.05) is 25.2 Å². The van der Waals surface area contributed by atoms with E-state index in [4.69, 9.17) is 9.05 Å². The van der Waals surface area contributed by atoms with E-state index < -0.39 is 8.53 Å². The van der Waals surface area contributed by atoms with E-state index in [1.165, 1.54) is 0 Å². The molecule has 0 aliphatic carbocycles. The first-order valence-electron chi connectivity index (χ1n) is 5.91. The predicted molar refractivity (Wildman–Crippen MR) is 61.7 cm³/mol. The van der Waals surface area contributed by atoms with E-state index in [2.05, 4.69) is 23.8 Å². The molecule has 88 valence electrons. The van der Waals surface area contributed by atoms with E-state index in [1.807, 2.05) is 0 Å². The van der Waals surface area contributed by atoms with Crippen molar-refractivity contribution in [2.45, 2.75) is 38.8 Å². The molecule has 2 saturated heterocycles. The molecule has 2 aliphatic rings. The monoisotopic (exact) mass is 232 g/mol. The van der Waals surface area contributed by atoms with Crippen molar-refractivity contribution in [1.29, 1.82) is 0 Å². The molecule has 0 spiro atoms. The van der Waals surface area contributed by atoms with Gasteiger partial charge in [-0.25, -0.2) is 4.67 Å². The summed E-state index contributed by atoms with van der Waals surface area (Å²) in [6.07, 6.45) is 2.28. The minimum atomic E-state index is -0.747. The van der Waals surface area contributed by atoms with Gasteiger partial charge in [-0.15, -0.1) is 0 Å². The smallest absolute Gasteiger partial charge is 0.259 e. The number of rotatable bonds is 2. The van der Waals surface area contributed by atoms with Gasteiger partial charge in [-0.2, -0.15) is 0 Å². The second-order valence-electron chi connectivity index (χ2n) is 4.11. The number of nitrogens with one attached hydrogen (secondary N) is 1. The highest BCUT2D eigenvalue weighted by atomic mass is 31.2. The molecule has 0 aromatic carbocycles. The van der Waals surface area contributed by atoms with Crippen molar-refractivity contribution in [3.63, 3.8) is 0 Å². The Morgan fingerprint density at radius 3 is 2.80 bits per heavy atom. The lowest BCUT2D eigenvalue weighted by molar-refractivity contribution is 0.214. The van der Waals surface area contributed by atoms with E-state index in [1.54, 1.807) is 0 Å². The predicted octanol–water partition coefficient (Wildman–Crippen LogP) is 1.72. The first-order valence-corrected chi connectivity index (χ1v) is 7.04. The van der Waals surface area contributed by atoms with Crippen LogP contribution in [-0.4, -0.2) is 43.1 Å². The maximum Gasteiger partial charge on any atom is 0.259 e. The number of hydrogen-bond donors (Lipinski definition) is 1. The van der Waals surface area contributed by atoms with E-state index in [9.17, 15) is 0 Å². The molecular formula is C10H21N2O2P. The van der Waals surface area contributed by atoms with Gasteiger partial charge in [0.1, 0.15) is 0 Å². The van der Waals surface area contributed by atoms with E-state index in [-0.39, 0.29) is 0 Å². The summed E-state index contributed by atoms with van der Waals surface area (Å²) in [6, 6.07) is 1.06. The van der Waals surface area contributed by atoms with Gasteiger partial charge in [0.2, 0.25) is 0 Å². The summed E-state index contributed by atoms with van der Waals surface area (Å²) in [6.45, 7) is 8.15. The quantitative estimate of drug-likeness (QED) is 0.735. The molecule has 2 rings (SSSR count). The first-order chi connectivity index (χ1) is 7.35. The Kier molecular flexibility index (Phi) is 4.35. The molecule has 5 heteroatoms. The van der Waals surface area contributed by atoms with Crippen LogP contribution in [0.2, 0.25) is 0 Å². The fourth-order valence-electron chi connectivity index (χ4n) is 2.01. The molecular weight excluding hydrogens is 211 g/mol. The Bertz CT molecular complexity index is 206. The van der Waals surface area contributed by atoms with Gasteiger partial charge >= 0.3 is 0 Å². The number of nitrogens with zero attached hydrogens (tertiary/aromatic N) is 1. The van der Waals surface area contributed by atoms with E-state index in [0.717, 1.165) is 39.1 Å². The maximum absolute atomic E-state index is 5.85. The summed E-state index contributed by atoms with van der Waals surface area (Å²) in [7, 11) is -0.747. The highest BCUT2D eigenvalue weighted by Crippen LogP contribution is 2.50. The zero-order chi connectivity index (χ0) is 10.7. The van der Waals surface area contributed by atoms with Gasteiger partial charge in [0.15, 0.2) is 0 Å². The maximum atomic E-state index is 5.85. The SMILES string of the molecule is CC[C@H]1COP2OC[C@H](CC)N2CCN1. The third-order valence-corrected chi connectivity index (χ3v) is 4.82. The second-order valence-corrected chi connectivity index (χ2v) is 5.62. The topological polar surface area (TPSA) is 33.7 Å². The van der Waals surface area contributed by atoms with Crippen molar-refractivity contribution < 1.29 is 9.05 Å². The van der Waals surface area contributed by atoms with Crippen LogP contribution in [0.15, 0.2) is 0 Å². The normalized spacial score (nSPS) is 38.4. The fraction of sp³-hybridized carbons (Fsp3) is 1.00. The second kappa shape index (κ2) is 5.55. The van der Waals surface area contributed by atoms with Crippen LogP contribution in [-0.2, 0) is 9.05 Å². The van der Waals surface area contributed by atoms with Crippen LogP contribution < -0.4 is 5.32 Å². The zero-order valence-corrected chi connectivity index (χ0v) is 10.5.